The van der Waals surface area contributed by atoms with Crippen LogP contribution in [0.5, 0.6) is 52.5 Å². The van der Waals surface area contributed by atoms with Crippen molar-refractivity contribution in [1.82, 2.24) is 15.0 Å². The van der Waals surface area contributed by atoms with E-state index in [0.717, 1.165) is 18.8 Å². The lowest BCUT2D eigenvalue weighted by molar-refractivity contribution is 0.341. The molecular formula is C27H15N3O9. The third-order valence-electron chi connectivity index (χ3n) is 4.43. The van der Waals surface area contributed by atoms with E-state index in [1.54, 1.807) is 72.8 Å². The molecule has 0 aliphatic heterocycles. The van der Waals surface area contributed by atoms with E-state index >= 15 is 0 Å². The highest BCUT2D eigenvalue weighted by atomic mass is 16.6. The molecule has 12 nitrogen and oxygen atoms in total. The predicted molar refractivity (Wildman–Crippen MR) is 132 cm³/mol. The number of ether oxygens (including phenoxy) is 6. The maximum absolute atomic E-state index is 10.6. The van der Waals surface area contributed by atoms with Gasteiger partial charge in [0.05, 0.1) is 0 Å². The van der Waals surface area contributed by atoms with Crippen LogP contribution in [0.25, 0.3) is 0 Å². The minimum Gasteiger partial charge on any atom is -0.449 e. The molecule has 1 heterocycles. The lowest BCUT2D eigenvalue weighted by atomic mass is 10.3. The lowest BCUT2D eigenvalue weighted by Gasteiger charge is -2.13. The third-order valence-corrected chi connectivity index (χ3v) is 4.43. The van der Waals surface area contributed by atoms with Crippen LogP contribution in [0.1, 0.15) is 0 Å². The highest BCUT2D eigenvalue weighted by Crippen LogP contribution is 2.35. The molecule has 192 valence electrons. The quantitative estimate of drug-likeness (QED) is 0.191. The predicted octanol–water partition coefficient (Wildman–Crippen LogP) is 4.42. The SMILES string of the molecule is O=C=COc1ccccc1Oc1nc(Oc2ccccc2OC=C=O)nc(Oc2ccccc2OC=C=O)n1. The Balaban J connectivity index is 1.73. The Bertz CT molecular complexity index is 1400. The summed E-state index contributed by atoms with van der Waals surface area (Å²) in [6.07, 6.45) is 2.44. The van der Waals surface area contributed by atoms with Crippen molar-refractivity contribution in [1.29, 1.82) is 0 Å². The monoisotopic (exact) mass is 525 g/mol. The maximum Gasteiger partial charge on any atom is 0.331 e. The summed E-state index contributed by atoms with van der Waals surface area (Å²) in [5.74, 6) is 5.48. The van der Waals surface area contributed by atoms with Crippen LogP contribution < -0.4 is 28.4 Å². The fourth-order valence-corrected chi connectivity index (χ4v) is 2.91. The molecule has 0 spiro atoms. The molecular weight excluding hydrogens is 510 g/mol. The molecule has 39 heavy (non-hydrogen) atoms. The summed E-state index contributed by atoms with van der Waals surface area (Å²) >= 11 is 0. The summed E-state index contributed by atoms with van der Waals surface area (Å²) in [5.41, 5.74) is 0. The van der Waals surface area contributed by atoms with E-state index in [0.29, 0.717) is 0 Å². The van der Waals surface area contributed by atoms with Crippen LogP contribution in [0.3, 0.4) is 0 Å². The molecule has 0 amide bonds. The second-order valence-corrected chi connectivity index (χ2v) is 6.89. The van der Waals surface area contributed by atoms with Gasteiger partial charge in [-0.05, 0) is 36.4 Å². The summed E-state index contributed by atoms with van der Waals surface area (Å²) in [6, 6.07) is 18.4. The highest BCUT2D eigenvalue weighted by molar-refractivity contribution is 5.49. The Morgan fingerprint density at radius 2 is 0.692 bits per heavy atom. The van der Waals surface area contributed by atoms with Crippen LogP contribution >= 0.6 is 0 Å². The van der Waals surface area contributed by atoms with Gasteiger partial charge in [-0.1, -0.05) is 36.4 Å². The maximum atomic E-state index is 10.6. The van der Waals surface area contributed by atoms with Crippen molar-refractivity contribution in [3.8, 4) is 52.5 Å². The van der Waals surface area contributed by atoms with Gasteiger partial charge in [-0.3, -0.25) is 0 Å². The van der Waals surface area contributed by atoms with E-state index in [9.17, 15) is 14.4 Å². The lowest BCUT2D eigenvalue weighted by Crippen LogP contribution is -2.02. The fourth-order valence-electron chi connectivity index (χ4n) is 2.91. The minimum absolute atomic E-state index is 0.145. The van der Waals surface area contributed by atoms with E-state index in [2.05, 4.69) is 15.0 Å². The van der Waals surface area contributed by atoms with E-state index in [1.807, 2.05) is 0 Å². The van der Waals surface area contributed by atoms with Crippen molar-refractivity contribution < 1.29 is 42.8 Å². The molecule has 4 rings (SSSR count). The summed E-state index contributed by atoms with van der Waals surface area (Å²) < 4.78 is 33.0. The van der Waals surface area contributed by atoms with Crippen LogP contribution in [0.15, 0.2) is 91.6 Å². The molecule has 1 aromatic heterocycles. The molecule has 0 saturated heterocycles. The van der Waals surface area contributed by atoms with Crippen LogP contribution in [0.2, 0.25) is 0 Å². The average Bonchev–Trinajstić information content (AvgIpc) is 2.96. The van der Waals surface area contributed by atoms with Crippen LogP contribution in [-0.4, -0.2) is 32.8 Å². The Hall–Kier alpha value is -6.18. The Morgan fingerprint density at radius 3 is 0.949 bits per heavy atom. The summed E-state index contributed by atoms with van der Waals surface area (Å²) in [7, 11) is 0. The first-order valence-corrected chi connectivity index (χ1v) is 10.8. The molecule has 0 fully saturated rings. The van der Waals surface area contributed by atoms with Gasteiger partial charge < -0.3 is 28.4 Å². The Morgan fingerprint density at radius 1 is 0.436 bits per heavy atom. The van der Waals surface area contributed by atoms with E-state index in [-0.39, 0.29) is 52.5 Å². The van der Waals surface area contributed by atoms with Gasteiger partial charge in [0.2, 0.25) is 0 Å². The zero-order valence-electron chi connectivity index (χ0n) is 19.7. The molecule has 0 bridgehead atoms. The van der Waals surface area contributed by atoms with Crippen molar-refractivity contribution in [3.05, 3.63) is 91.6 Å². The Kier molecular flexibility index (Phi) is 8.78. The van der Waals surface area contributed by atoms with Gasteiger partial charge in [0, 0.05) is 0 Å². The van der Waals surface area contributed by atoms with Crippen molar-refractivity contribution in [3.63, 3.8) is 0 Å². The number of nitrogens with zero attached hydrogens (tertiary/aromatic N) is 3. The molecule has 0 N–H and O–H groups in total. The zero-order chi connectivity index (χ0) is 27.3. The summed E-state index contributed by atoms with van der Waals surface area (Å²) in [5, 5.41) is 0. The number of para-hydroxylation sites is 6. The van der Waals surface area contributed by atoms with Gasteiger partial charge >= 0.3 is 18.0 Å². The normalized spacial score (nSPS) is 9.54. The first kappa shape index (κ1) is 25.9. The zero-order valence-corrected chi connectivity index (χ0v) is 19.7. The van der Waals surface area contributed by atoms with Crippen LogP contribution in [0.4, 0.5) is 0 Å². The number of carbonyl (C=O) groups excluding carboxylic acids is 3. The minimum atomic E-state index is -0.279. The summed E-state index contributed by atoms with van der Waals surface area (Å²) in [4.78, 5) is 44.2. The van der Waals surface area contributed by atoms with Crippen LogP contribution in [0, 0.1) is 0 Å². The number of hydrogen-bond donors (Lipinski definition) is 0. The number of rotatable bonds is 12. The van der Waals surface area contributed by atoms with Gasteiger partial charge in [-0.25, -0.2) is 14.4 Å². The second kappa shape index (κ2) is 13.2. The third kappa shape index (κ3) is 7.17. The van der Waals surface area contributed by atoms with Gasteiger partial charge in [0.25, 0.3) is 0 Å². The van der Waals surface area contributed by atoms with Crippen molar-refractivity contribution in [2.45, 2.75) is 0 Å². The average molecular weight is 525 g/mol. The molecule has 0 atom stereocenters. The van der Waals surface area contributed by atoms with Crippen molar-refractivity contribution in [2.24, 2.45) is 0 Å². The highest BCUT2D eigenvalue weighted by Gasteiger charge is 2.17. The number of hydrogen-bond acceptors (Lipinski definition) is 12. The van der Waals surface area contributed by atoms with Gasteiger partial charge in [0.15, 0.2) is 71.1 Å². The van der Waals surface area contributed by atoms with Gasteiger partial charge in [0.1, 0.15) is 0 Å². The smallest absolute Gasteiger partial charge is 0.331 e. The molecule has 0 aliphatic rings. The topological polar surface area (TPSA) is 145 Å². The molecule has 4 aromatic rings. The number of aromatic nitrogens is 3. The number of benzene rings is 3. The largest absolute Gasteiger partial charge is 0.449 e. The molecule has 3 aromatic carbocycles. The van der Waals surface area contributed by atoms with Crippen molar-refractivity contribution in [2.75, 3.05) is 0 Å². The molecule has 0 saturated carbocycles. The molecule has 12 heteroatoms. The van der Waals surface area contributed by atoms with E-state index in [1.165, 1.54) is 17.8 Å². The van der Waals surface area contributed by atoms with Crippen LogP contribution in [-0.2, 0) is 14.4 Å². The molecule has 0 radical (unpaired) electrons. The molecule has 0 aliphatic carbocycles. The standard InChI is InChI=1S/C27H15N3O9/c31-13-16-34-19-7-1-4-10-22(19)37-25-28-26(38-23-11-5-2-8-20(23)35-17-14-32)30-27(29-25)39-24-12-6-3-9-21(24)36-18-15-33/h1-12,16-18H. The van der Waals surface area contributed by atoms with Gasteiger partial charge in [-0.2, -0.15) is 0 Å². The summed E-state index contributed by atoms with van der Waals surface area (Å²) in [6.45, 7) is 0. The van der Waals surface area contributed by atoms with Crippen molar-refractivity contribution >= 4 is 17.8 Å². The second-order valence-electron chi connectivity index (χ2n) is 6.89. The molecule has 0 unspecified atom stereocenters. The fraction of sp³-hybridized carbons (Fsp3) is 0. The first-order chi connectivity index (χ1) is 19.2. The van der Waals surface area contributed by atoms with E-state index < -0.39 is 0 Å². The first-order valence-electron chi connectivity index (χ1n) is 10.8. The Labute approximate surface area is 220 Å². The van der Waals surface area contributed by atoms with E-state index in [4.69, 9.17) is 28.4 Å². The van der Waals surface area contributed by atoms with Gasteiger partial charge in [-0.15, -0.1) is 15.0 Å².